The average Bonchev–Trinajstić information content (AvgIpc) is 3.21. The molecule has 150 valence electrons. The number of likely N-dealkylation sites (tertiary alicyclic amines) is 1. The molecule has 2 heterocycles. The van der Waals surface area contributed by atoms with E-state index in [1.165, 1.54) is 22.2 Å². The van der Waals surface area contributed by atoms with Gasteiger partial charge in [-0.3, -0.25) is 9.59 Å². The van der Waals surface area contributed by atoms with Gasteiger partial charge in [0.25, 0.3) is 0 Å². The molecule has 2 N–H and O–H groups in total. The highest BCUT2D eigenvalue weighted by Crippen LogP contribution is 2.23. The van der Waals surface area contributed by atoms with Gasteiger partial charge in [-0.2, -0.15) is 0 Å². The van der Waals surface area contributed by atoms with Crippen molar-refractivity contribution in [2.45, 2.75) is 40.3 Å². The van der Waals surface area contributed by atoms with Crippen molar-refractivity contribution in [3.05, 3.63) is 70.4 Å². The molecule has 2 aromatic carbocycles. The standard InChI is InChI=1S/C24H27N3O2/c1-15-4-6-18(7-5-15)13-27-14-20(11-23(27)28)24(29)25-12-19-8-9-22-21(10-19)16(2)17(3)26-22/h4-10,20,26H,11-14H2,1-3H3,(H,25,29). The first kappa shape index (κ1) is 19.2. The van der Waals surface area contributed by atoms with Crippen molar-refractivity contribution >= 4 is 22.7 Å². The Morgan fingerprint density at radius 2 is 1.83 bits per heavy atom. The number of hydrogen-bond acceptors (Lipinski definition) is 2. The van der Waals surface area contributed by atoms with Crippen LogP contribution in [0, 0.1) is 26.7 Å². The van der Waals surface area contributed by atoms with Crippen molar-refractivity contribution < 1.29 is 9.59 Å². The molecule has 3 aromatic rings. The number of aromatic nitrogens is 1. The van der Waals surface area contributed by atoms with Crippen LogP contribution < -0.4 is 5.32 Å². The predicted octanol–water partition coefficient (Wildman–Crippen LogP) is 3.76. The van der Waals surface area contributed by atoms with E-state index in [-0.39, 0.29) is 24.2 Å². The largest absolute Gasteiger partial charge is 0.358 e. The summed E-state index contributed by atoms with van der Waals surface area (Å²) < 4.78 is 0. The molecular weight excluding hydrogens is 362 g/mol. The van der Waals surface area contributed by atoms with E-state index in [0.29, 0.717) is 19.6 Å². The lowest BCUT2D eigenvalue weighted by Crippen LogP contribution is -2.32. The Morgan fingerprint density at radius 3 is 2.59 bits per heavy atom. The third-order valence-corrected chi connectivity index (χ3v) is 5.92. The van der Waals surface area contributed by atoms with Crippen LogP contribution >= 0.6 is 0 Å². The van der Waals surface area contributed by atoms with Crippen LogP contribution in [0.4, 0.5) is 0 Å². The minimum Gasteiger partial charge on any atom is -0.358 e. The van der Waals surface area contributed by atoms with Gasteiger partial charge in [-0.05, 0) is 49.6 Å². The van der Waals surface area contributed by atoms with Gasteiger partial charge in [0, 0.05) is 42.7 Å². The SMILES string of the molecule is Cc1ccc(CN2CC(C(=O)NCc3ccc4[nH]c(C)c(C)c4c3)CC2=O)cc1. The molecular formula is C24H27N3O2. The van der Waals surface area contributed by atoms with Crippen LogP contribution in [0.25, 0.3) is 10.9 Å². The van der Waals surface area contributed by atoms with Gasteiger partial charge in [0.2, 0.25) is 11.8 Å². The molecule has 0 spiro atoms. The van der Waals surface area contributed by atoms with E-state index in [0.717, 1.165) is 16.6 Å². The third kappa shape index (κ3) is 4.04. The van der Waals surface area contributed by atoms with E-state index in [1.54, 1.807) is 4.90 Å². The van der Waals surface area contributed by atoms with Crippen LogP contribution in [0.2, 0.25) is 0 Å². The lowest BCUT2D eigenvalue weighted by atomic mass is 10.1. The molecule has 0 bridgehead atoms. The van der Waals surface area contributed by atoms with Crippen molar-refractivity contribution in [3.63, 3.8) is 0 Å². The van der Waals surface area contributed by atoms with E-state index in [1.807, 2.05) is 37.3 Å². The number of aryl methyl sites for hydroxylation is 3. The minimum absolute atomic E-state index is 0.0468. The number of hydrogen-bond donors (Lipinski definition) is 2. The van der Waals surface area contributed by atoms with Crippen molar-refractivity contribution in [2.75, 3.05) is 6.54 Å². The van der Waals surface area contributed by atoms with E-state index >= 15 is 0 Å². The molecule has 0 saturated carbocycles. The Labute approximate surface area is 171 Å². The Balaban J connectivity index is 1.36. The minimum atomic E-state index is -0.284. The Morgan fingerprint density at radius 1 is 1.10 bits per heavy atom. The number of nitrogens with one attached hydrogen (secondary N) is 2. The molecule has 5 nitrogen and oxygen atoms in total. The van der Waals surface area contributed by atoms with E-state index in [2.05, 4.69) is 36.3 Å². The van der Waals surface area contributed by atoms with Crippen molar-refractivity contribution in [2.24, 2.45) is 5.92 Å². The third-order valence-electron chi connectivity index (χ3n) is 5.92. The lowest BCUT2D eigenvalue weighted by Gasteiger charge is -2.17. The molecule has 0 radical (unpaired) electrons. The van der Waals surface area contributed by atoms with Crippen LogP contribution in [-0.2, 0) is 22.7 Å². The fourth-order valence-electron chi connectivity index (χ4n) is 3.97. The van der Waals surface area contributed by atoms with Gasteiger partial charge < -0.3 is 15.2 Å². The summed E-state index contributed by atoms with van der Waals surface area (Å²) in [5.41, 5.74) is 6.87. The van der Waals surface area contributed by atoms with Gasteiger partial charge in [-0.15, -0.1) is 0 Å². The second kappa shape index (κ2) is 7.74. The second-order valence-corrected chi connectivity index (χ2v) is 8.13. The topological polar surface area (TPSA) is 65.2 Å². The molecule has 1 unspecified atom stereocenters. The first-order valence-corrected chi connectivity index (χ1v) is 10.1. The van der Waals surface area contributed by atoms with Gasteiger partial charge in [0.05, 0.1) is 5.92 Å². The summed E-state index contributed by atoms with van der Waals surface area (Å²) in [6, 6.07) is 14.4. The predicted molar refractivity (Wildman–Crippen MR) is 114 cm³/mol. The number of rotatable bonds is 5. The number of H-pyrrole nitrogens is 1. The van der Waals surface area contributed by atoms with E-state index in [4.69, 9.17) is 0 Å². The molecule has 1 aliphatic rings. The van der Waals surface area contributed by atoms with E-state index < -0.39 is 0 Å². The number of benzene rings is 2. The Kier molecular flexibility index (Phi) is 5.14. The summed E-state index contributed by atoms with van der Waals surface area (Å²) in [4.78, 5) is 30.2. The van der Waals surface area contributed by atoms with Gasteiger partial charge >= 0.3 is 0 Å². The molecule has 1 aromatic heterocycles. The highest BCUT2D eigenvalue weighted by atomic mass is 16.2. The molecule has 2 amide bonds. The first-order valence-electron chi connectivity index (χ1n) is 10.1. The molecule has 0 aliphatic carbocycles. The number of fused-ring (bicyclic) bond motifs is 1. The fraction of sp³-hybridized carbons (Fsp3) is 0.333. The van der Waals surface area contributed by atoms with Crippen LogP contribution in [0.15, 0.2) is 42.5 Å². The smallest absolute Gasteiger partial charge is 0.225 e. The van der Waals surface area contributed by atoms with Crippen LogP contribution in [0.5, 0.6) is 0 Å². The molecule has 1 fully saturated rings. The highest BCUT2D eigenvalue weighted by molar-refractivity contribution is 5.89. The number of carbonyl (C=O) groups excluding carboxylic acids is 2. The molecule has 1 saturated heterocycles. The summed E-state index contributed by atoms with van der Waals surface area (Å²) in [5.74, 6) is -0.287. The Hall–Kier alpha value is -3.08. The monoisotopic (exact) mass is 389 g/mol. The molecule has 1 atom stereocenters. The van der Waals surface area contributed by atoms with Crippen LogP contribution in [0.3, 0.4) is 0 Å². The summed E-state index contributed by atoms with van der Waals surface area (Å²) in [6.45, 7) is 7.72. The number of carbonyl (C=O) groups is 2. The summed E-state index contributed by atoms with van der Waals surface area (Å²) in [7, 11) is 0. The van der Waals surface area contributed by atoms with Crippen molar-refractivity contribution in [1.82, 2.24) is 15.2 Å². The lowest BCUT2D eigenvalue weighted by molar-refractivity contribution is -0.129. The summed E-state index contributed by atoms with van der Waals surface area (Å²) >= 11 is 0. The quantitative estimate of drug-likeness (QED) is 0.698. The molecule has 1 aliphatic heterocycles. The van der Waals surface area contributed by atoms with Crippen LogP contribution in [0.1, 0.15) is 34.4 Å². The molecule has 5 heteroatoms. The zero-order valence-electron chi connectivity index (χ0n) is 17.2. The number of amides is 2. The van der Waals surface area contributed by atoms with Gasteiger partial charge in [0.15, 0.2) is 0 Å². The maximum atomic E-state index is 12.6. The maximum Gasteiger partial charge on any atom is 0.225 e. The zero-order valence-corrected chi connectivity index (χ0v) is 17.2. The normalized spacial score (nSPS) is 16.6. The van der Waals surface area contributed by atoms with Crippen LogP contribution in [-0.4, -0.2) is 28.2 Å². The maximum absolute atomic E-state index is 12.6. The molecule has 29 heavy (non-hydrogen) atoms. The van der Waals surface area contributed by atoms with E-state index in [9.17, 15) is 9.59 Å². The van der Waals surface area contributed by atoms with Gasteiger partial charge in [-0.25, -0.2) is 0 Å². The zero-order chi connectivity index (χ0) is 20.5. The first-order chi connectivity index (χ1) is 13.9. The van der Waals surface area contributed by atoms with Crippen molar-refractivity contribution in [3.8, 4) is 0 Å². The Bertz CT molecular complexity index is 1070. The summed E-state index contributed by atoms with van der Waals surface area (Å²) in [5, 5.41) is 4.21. The van der Waals surface area contributed by atoms with Crippen molar-refractivity contribution in [1.29, 1.82) is 0 Å². The fourth-order valence-corrected chi connectivity index (χ4v) is 3.97. The van der Waals surface area contributed by atoms with Gasteiger partial charge in [-0.1, -0.05) is 35.9 Å². The van der Waals surface area contributed by atoms with Gasteiger partial charge in [0.1, 0.15) is 0 Å². The average molecular weight is 389 g/mol. The highest BCUT2D eigenvalue weighted by Gasteiger charge is 2.34. The summed E-state index contributed by atoms with van der Waals surface area (Å²) in [6.07, 6.45) is 0.285. The second-order valence-electron chi connectivity index (χ2n) is 8.13. The number of aromatic amines is 1. The number of nitrogens with zero attached hydrogens (tertiary/aromatic N) is 1. The molecule has 4 rings (SSSR count).